The molecule has 0 saturated carbocycles. The lowest BCUT2D eigenvalue weighted by atomic mass is 10.1. The predicted molar refractivity (Wildman–Crippen MR) is 67.8 cm³/mol. The number of aliphatic hydroxyl groups is 1. The minimum absolute atomic E-state index is 0.0182. The Morgan fingerprint density at radius 3 is 2.60 bits per heavy atom. The van der Waals surface area contributed by atoms with E-state index in [1.807, 2.05) is 6.07 Å². The third-order valence-electron chi connectivity index (χ3n) is 2.75. The molecule has 0 aromatic heterocycles. The van der Waals surface area contributed by atoms with Crippen molar-refractivity contribution in [2.24, 2.45) is 0 Å². The van der Waals surface area contributed by atoms with E-state index in [9.17, 15) is 8.78 Å². The zero-order valence-electron chi connectivity index (χ0n) is 10.4. The monoisotopic (exact) mass is 275 g/mol. The van der Waals surface area contributed by atoms with Gasteiger partial charge in [-0.2, -0.15) is 5.26 Å². The Balaban J connectivity index is 2.17. The maximum absolute atomic E-state index is 13.6. The Morgan fingerprint density at radius 1 is 1.15 bits per heavy atom. The fraction of sp³-hybridized carbons (Fsp3) is 0.133. The number of nitriles is 1. The summed E-state index contributed by atoms with van der Waals surface area (Å²) in [6.07, 6.45) is 0. The Bertz CT molecular complexity index is 665. The standard InChI is InChI=1S/C15H11F2NO2/c16-13-3-2-11(7-18)12(6-13)9-20-15-4-1-10(8-19)5-14(15)17/h1-6,19H,8-9H2. The van der Waals surface area contributed by atoms with Crippen LogP contribution in [0.1, 0.15) is 16.7 Å². The molecule has 0 fully saturated rings. The summed E-state index contributed by atoms with van der Waals surface area (Å²) in [6.45, 7) is -0.379. The minimum atomic E-state index is -0.619. The highest BCUT2D eigenvalue weighted by Gasteiger charge is 2.08. The van der Waals surface area contributed by atoms with Crippen LogP contribution in [0.25, 0.3) is 0 Å². The highest BCUT2D eigenvalue weighted by molar-refractivity contribution is 5.38. The molecule has 0 bridgehead atoms. The molecule has 0 aliphatic carbocycles. The van der Waals surface area contributed by atoms with Crippen molar-refractivity contribution in [1.29, 1.82) is 5.26 Å². The molecule has 2 aromatic carbocycles. The molecule has 0 radical (unpaired) electrons. The minimum Gasteiger partial charge on any atom is -0.486 e. The van der Waals surface area contributed by atoms with Crippen molar-refractivity contribution in [2.75, 3.05) is 0 Å². The normalized spacial score (nSPS) is 10.1. The fourth-order valence-electron chi connectivity index (χ4n) is 1.71. The second-order valence-corrected chi connectivity index (χ2v) is 4.12. The van der Waals surface area contributed by atoms with Crippen molar-refractivity contribution in [3.63, 3.8) is 0 Å². The third kappa shape index (κ3) is 3.11. The summed E-state index contributed by atoms with van der Waals surface area (Å²) >= 11 is 0. The Kier molecular flexibility index (Phi) is 4.28. The van der Waals surface area contributed by atoms with Gasteiger partial charge in [0.25, 0.3) is 0 Å². The van der Waals surface area contributed by atoms with Gasteiger partial charge in [0.1, 0.15) is 12.4 Å². The van der Waals surface area contributed by atoms with Crippen LogP contribution in [0.15, 0.2) is 36.4 Å². The first-order chi connectivity index (χ1) is 9.63. The van der Waals surface area contributed by atoms with Gasteiger partial charge in [0, 0.05) is 5.56 Å². The molecule has 20 heavy (non-hydrogen) atoms. The molecule has 0 saturated heterocycles. The molecule has 1 N–H and O–H groups in total. The molecule has 0 atom stereocenters. The van der Waals surface area contributed by atoms with Crippen LogP contribution in [0.4, 0.5) is 8.78 Å². The van der Waals surface area contributed by atoms with Crippen molar-refractivity contribution < 1.29 is 18.6 Å². The van der Waals surface area contributed by atoms with Crippen molar-refractivity contribution in [1.82, 2.24) is 0 Å². The van der Waals surface area contributed by atoms with Crippen LogP contribution in [-0.2, 0) is 13.2 Å². The Hall–Kier alpha value is -2.45. The molecule has 0 unspecified atom stereocenters. The van der Waals surface area contributed by atoms with E-state index in [4.69, 9.17) is 15.1 Å². The smallest absolute Gasteiger partial charge is 0.165 e. The van der Waals surface area contributed by atoms with Crippen LogP contribution >= 0.6 is 0 Å². The molecule has 3 nitrogen and oxygen atoms in total. The van der Waals surface area contributed by atoms with E-state index >= 15 is 0 Å². The number of aliphatic hydroxyl groups excluding tert-OH is 1. The predicted octanol–water partition coefficient (Wildman–Crippen LogP) is 2.91. The van der Waals surface area contributed by atoms with Gasteiger partial charge in [-0.1, -0.05) is 6.07 Å². The van der Waals surface area contributed by atoms with E-state index in [0.717, 1.165) is 6.07 Å². The molecule has 5 heteroatoms. The van der Waals surface area contributed by atoms with Crippen LogP contribution in [0.2, 0.25) is 0 Å². The summed E-state index contributed by atoms with van der Waals surface area (Å²) in [5.74, 6) is -1.12. The van der Waals surface area contributed by atoms with E-state index < -0.39 is 11.6 Å². The van der Waals surface area contributed by atoms with Gasteiger partial charge < -0.3 is 9.84 Å². The van der Waals surface area contributed by atoms with Gasteiger partial charge in [0.05, 0.1) is 18.2 Å². The average molecular weight is 275 g/mol. The van der Waals surface area contributed by atoms with Gasteiger partial charge in [0.15, 0.2) is 11.6 Å². The van der Waals surface area contributed by atoms with Gasteiger partial charge in [-0.15, -0.1) is 0 Å². The van der Waals surface area contributed by atoms with Crippen LogP contribution in [-0.4, -0.2) is 5.11 Å². The van der Waals surface area contributed by atoms with Crippen LogP contribution in [0.5, 0.6) is 5.75 Å². The highest BCUT2D eigenvalue weighted by atomic mass is 19.1. The van der Waals surface area contributed by atoms with Gasteiger partial charge in [0.2, 0.25) is 0 Å². The van der Waals surface area contributed by atoms with Crippen molar-refractivity contribution in [2.45, 2.75) is 13.2 Å². The highest BCUT2D eigenvalue weighted by Crippen LogP contribution is 2.21. The number of halogens is 2. The lowest BCUT2D eigenvalue weighted by Gasteiger charge is -2.09. The van der Waals surface area contributed by atoms with E-state index in [0.29, 0.717) is 11.1 Å². The van der Waals surface area contributed by atoms with Gasteiger partial charge in [-0.25, -0.2) is 8.78 Å². The van der Waals surface area contributed by atoms with E-state index in [1.165, 1.54) is 30.3 Å². The van der Waals surface area contributed by atoms with Gasteiger partial charge in [-0.05, 0) is 35.9 Å². The average Bonchev–Trinajstić information content (AvgIpc) is 2.46. The molecule has 0 amide bonds. The summed E-state index contributed by atoms with van der Waals surface area (Å²) in [5, 5.41) is 17.8. The summed E-state index contributed by atoms with van der Waals surface area (Å²) in [7, 11) is 0. The van der Waals surface area contributed by atoms with Crippen LogP contribution in [0, 0.1) is 23.0 Å². The zero-order valence-corrected chi connectivity index (χ0v) is 10.4. The number of hydrogen-bond acceptors (Lipinski definition) is 3. The Labute approximate surface area is 114 Å². The van der Waals surface area contributed by atoms with Gasteiger partial charge in [-0.3, -0.25) is 0 Å². The van der Waals surface area contributed by atoms with Crippen LogP contribution in [0.3, 0.4) is 0 Å². The molecule has 2 rings (SSSR count). The van der Waals surface area contributed by atoms with E-state index in [1.54, 1.807) is 0 Å². The summed E-state index contributed by atoms with van der Waals surface area (Å²) in [6, 6.07) is 9.69. The number of nitrogens with zero attached hydrogens (tertiary/aromatic N) is 1. The molecule has 0 spiro atoms. The topological polar surface area (TPSA) is 53.2 Å². The molecule has 102 valence electrons. The summed E-state index contributed by atoms with van der Waals surface area (Å²) in [5.41, 5.74) is 1.05. The number of benzene rings is 2. The third-order valence-corrected chi connectivity index (χ3v) is 2.75. The zero-order chi connectivity index (χ0) is 14.5. The van der Waals surface area contributed by atoms with Crippen molar-refractivity contribution in [3.05, 3.63) is 64.7 Å². The second kappa shape index (κ2) is 6.13. The molecule has 0 aliphatic rings. The SMILES string of the molecule is N#Cc1ccc(F)cc1COc1ccc(CO)cc1F. The van der Waals surface area contributed by atoms with Gasteiger partial charge >= 0.3 is 0 Å². The van der Waals surface area contributed by atoms with Crippen LogP contribution < -0.4 is 4.74 Å². The van der Waals surface area contributed by atoms with E-state index in [2.05, 4.69) is 0 Å². The van der Waals surface area contributed by atoms with E-state index in [-0.39, 0.29) is 24.5 Å². The van der Waals surface area contributed by atoms with Crippen molar-refractivity contribution >= 4 is 0 Å². The lowest BCUT2D eigenvalue weighted by Crippen LogP contribution is -2.01. The second-order valence-electron chi connectivity index (χ2n) is 4.12. The number of rotatable bonds is 4. The molecule has 2 aromatic rings. The molecular formula is C15H11F2NO2. The fourth-order valence-corrected chi connectivity index (χ4v) is 1.71. The molecular weight excluding hydrogens is 264 g/mol. The molecule has 0 aliphatic heterocycles. The largest absolute Gasteiger partial charge is 0.486 e. The first-order valence-corrected chi connectivity index (χ1v) is 5.84. The summed E-state index contributed by atoms with van der Waals surface area (Å²) < 4.78 is 32.0. The lowest BCUT2D eigenvalue weighted by molar-refractivity contribution is 0.276. The van der Waals surface area contributed by atoms with Crippen molar-refractivity contribution in [3.8, 4) is 11.8 Å². The number of hydrogen-bond donors (Lipinski definition) is 1. The Morgan fingerprint density at radius 2 is 1.95 bits per heavy atom. The first-order valence-electron chi connectivity index (χ1n) is 5.84. The maximum atomic E-state index is 13.6. The first kappa shape index (κ1) is 14.0. The number of ether oxygens (including phenoxy) is 1. The maximum Gasteiger partial charge on any atom is 0.165 e. The molecule has 0 heterocycles. The summed E-state index contributed by atoms with van der Waals surface area (Å²) in [4.78, 5) is 0. The quantitative estimate of drug-likeness (QED) is 0.933.